The van der Waals surface area contributed by atoms with E-state index in [1.54, 1.807) is 0 Å². The van der Waals surface area contributed by atoms with Crippen LogP contribution in [-0.4, -0.2) is 140 Å². The molecule has 10 atom stereocenters. The van der Waals surface area contributed by atoms with Crippen LogP contribution < -0.4 is 24.4 Å². The Labute approximate surface area is 321 Å². The van der Waals surface area contributed by atoms with Gasteiger partial charge in [0.05, 0.1) is 33.0 Å². The van der Waals surface area contributed by atoms with Crippen LogP contribution >= 0.6 is 0 Å². The lowest BCUT2D eigenvalue weighted by Crippen LogP contribution is -2.60. The zero-order chi connectivity index (χ0) is 41.3. The van der Waals surface area contributed by atoms with Crippen molar-refractivity contribution in [3.8, 4) is 45.8 Å². The Morgan fingerprint density at radius 2 is 1.33 bits per heavy atom. The van der Waals surface area contributed by atoms with Crippen molar-refractivity contribution in [1.29, 1.82) is 0 Å². The molecule has 6 rings (SSSR count). The maximum atomic E-state index is 13.6. The van der Waals surface area contributed by atoms with Crippen LogP contribution in [0.1, 0.15) is 17.2 Å². The molecule has 1 aromatic heterocycles. The summed E-state index contributed by atoms with van der Waals surface area (Å²) in [5.41, 5.74) is -1.01. The first-order chi connectivity index (χ1) is 27.2. The molecule has 0 saturated carbocycles. The summed E-state index contributed by atoms with van der Waals surface area (Å²) in [6.45, 7) is -1.49. The molecule has 0 bridgehead atoms. The number of hydrogen-bond donors (Lipinski definition) is 10. The molecule has 19 heteroatoms. The van der Waals surface area contributed by atoms with Crippen LogP contribution in [0.2, 0.25) is 0 Å². The van der Waals surface area contributed by atoms with Gasteiger partial charge in [0.15, 0.2) is 16.9 Å². The van der Waals surface area contributed by atoms with Gasteiger partial charge in [-0.25, -0.2) is 4.79 Å². The molecule has 2 aliphatic heterocycles. The number of esters is 1. The fourth-order valence-electron chi connectivity index (χ4n) is 6.45. The van der Waals surface area contributed by atoms with Gasteiger partial charge >= 0.3 is 5.97 Å². The normalized spacial score (nSPS) is 27.7. The number of carbonyl (C=O) groups is 1. The topological polar surface area (TPSA) is 305 Å². The van der Waals surface area contributed by atoms with E-state index >= 15 is 0 Å². The summed E-state index contributed by atoms with van der Waals surface area (Å²) in [6, 6.07) is 10.6. The summed E-state index contributed by atoms with van der Waals surface area (Å²) in [7, 11) is 2.62. The highest BCUT2D eigenvalue weighted by Crippen LogP contribution is 2.45. The lowest BCUT2D eigenvalue weighted by molar-refractivity contribution is -0.277. The van der Waals surface area contributed by atoms with Gasteiger partial charge in [-0.3, -0.25) is 4.79 Å². The smallest absolute Gasteiger partial charge is 0.336 e. The highest BCUT2D eigenvalue weighted by Gasteiger charge is 2.47. The number of rotatable bonds is 11. The highest BCUT2D eigenvalue weighted by atomic mass is 16.7. The van der Waals surface area contributed by atoms with E-state index in [4.69, 9.17) is 32.8 Å². The first-order valence-electron chi connectivity index (χ1n) is 17.3. The molecule has 3 heterocycles. The van der Waals surface area contributed by atoms with E-state index in [1.807, 2.05) is 0 Å². The number of methoxy groups -OCH3 is 2. The number of carbonyl (C=O) groups excluding carboxylic acids is 1. The summed E-state index contributed by atoms with van der Waals surface area (Å²) < 4.78 is 38.5. The van der Waals surface area contributed by atoms with Gasteiger partial charge in [-0.2, -0.15) is 0 Å². The number of aliphatic hydroxyl groups excluding tert-OH is 8. The highest BCUT2D eigenvalue weighted by molar-refractivity contribution is 5.92. The van der Waals surface area contributed by atoms with Gasteiger partial charge in [-0.1, -0.05) is 0 Å². The number of aliphatic hydroxyl groups is 8. The molecule has 2 fully saturated rings. The van der Waals surface area contributed by atoms with Crippen molar-refractivity contribution in [3.63, 3.8) is 0 Å². The van der Waals surface area contributed by atoms with E-state index in [9.17, 15) is 60.7 Å². The molecule has 0 unspecified atom stereocenters. The van der Waals surface area contributed by atoms with Gasteiger partial charge < -0.3 is 83.9 Å². The second-order valence-electron chi connectivity index (χ2n) is 13.1. The van der Waals surface area contributed by atoms with Crippen molar-refractivity contribution in [2.45, 2.75) is 61.2 Å². The van der Waals surface area contributed by atoms with Crippen LogP contribution in [0.4, 0.5) is 0 Å². The minimum atomic E-state index is -1.97. The fourth-order valence-corrected chi connectivity index (χ4v) is 6.45. The first-order valence-corrected chi connectivity index (χ1v) is 17.3. The number of phenols is 2. The number of hydrogen-bond acceptors (Lipinski definition) is 19. The van der Waals surface area contributed by atoms with Crippen LogP contribution in [0.5, 0.6) is 34.5 Å². The summed E-state index contributed by atoms with van der Waals surface area (Å²) in [5, 5.41) is 103. The molecule has 0 spiro atoms. The Hall–Kier alpha value is -5.32. The van der Waals surface area contributed by atoms with Crippen molar-refractivity contribution in [3.05, 3.63) is 76.0 Å². The predicted molar refractivity (Wildman–Crippen MR) is 193 cm³/mol. The predicted octanol–water partition coefficient (Wildman–Crippen LogP) is -0.799. The van der Waals surface area contributed by atoms with E-state index in [-0.39, 0.29) is 39.9 Å². The Morgan fingerprint density at radius 3 is 1.93 bits per heavy atom. The summed E-state index contributed by atoms with van der Waals surface area (Å²) in [4.78, 5) is 26.9. The van der Waals surface area contributed by atoms with Crippen LogP contribution in [0.3, 0.4) is 0 Å². The maximum absolute atomic E-state index is 13.6. The van der Waals surface area contributed by atoms with E-state index in [0.717, 1.165) is 18.2 Å². The van der Waals surface area contributed by atoms with Gasteiger partial charge in [0.1, 0.15) is 88.9 Å². The molecule has 4 aromatic rings. The van der Waals surface area contributed by atoms with Crippen molar-refractivity contribution in [2.24, 2.45) is 0 Å². The molecule has 2 saturated heterocycles. The minimum Gasteiger partial charge on any atom is -0.506 e. The van der Waals surface area contributed by atoms with Gasteiger partial charge in [0, 0.05) is 23.8 Å². The molecule has 0 radical (unpaired) electrons. The lowest BCUT2D eigenvalue weighted by atomic mass is 9.89. The van der Waals surface area contributed by atoms with E-state index in [1.165, 1.54) is 56.7 Å². The molecular formula is C38H40O19. The first kappa shape index (κ1) is 41.3. The molecule has 0 amide bonds. The number of fused-ring (bicyclic) bond motifs is 1. The fraction of sp³-hybridized carbons (Fsp3) is 0.368. The maximum Gasteiger partial charge on any atom is 0.336 e. The molecule has 3 aromatic carbocycles. The summed E-state index contributed by atoms with van der Waals surface area (Å²) >= 11 is 0. The number of aromatic hydroxyl groups is 2. The van der Waals surface area contributed by atoms with Crippen molar-refractivity contribution < 1.29 is 88.7 Å². The molecule has 2 aliphatic rings. The van der Waals surface area contributed by atoms with Crippen molar-refractivity contribution >= 4 is 23.0 Å². The Bertz CT molecular complexity index is 2140. The zero-order valence-corrected chi connectivity index (χ0v) is 30.1. The third-order valence-electron chi connectivity index (χ3n) is 9.54. The standard InChI is InChI=1S/C38H40O19/c1-51-22-9-15(10-23(52-2)29(22)43)3-8-26(42)55-21-12-20-27(32(46)28(21)37-35(49)33(47)30(44)24(13-39)56-37)18(41)11-19(54-20)16-4-6-17(7-5-16)53-38-36(50)34(48)31(45)25(14-40)57-38/h3-12,24-25,30-31,33-40,43-50H,13-14H2,1-2H3/b8-3+/t24-,25-,30-,31-,33+,34+,35-,36-,37+,38-/m1/s1. The van der Waals surface area contributed by atoms with Crippen molar-refractivity contribution in [2.75, 3.05) is 27.4 Å². The Balaban J connectivity index is 1.37. The zero-order valence-electron chi connectivity index (χ0n) is 30.1. The van der Waals surface area contributed by atoms with Crippen LogP contribution in [0.15, 0.2) is 63.8 Å². The quantitative estimate of drug-likeness (QED) is 0.0504. The average molecular weight is 801 g/mol. The largest absolute Gasteiger partial charge is 0.506 e. The second-order valence-corrected chi connectivity index (χ2v) is 13.1. The average Bonchev–Trinajstić information content (AvgIpc) is 3.20. The van der Waals surface area contributed by atoms with E-state index in [0.29, 0.717) is 5.56 Å². The molecule has 57 heavy (non-hydrogen) atoms. The minimum absolute atomic E-state index is 0.0357. The number of benzene rings is 3. The van der Waals surface area contributed by atoms with Gasteiger partial charge in [0.25, 0.3) is 0 Å². The lowest BCUT2D eigenvalue weighted by Gasteiger charge is -2.40. The monoisotopic (exact) mass is 800 g/mol. The molecule has 10 N–H and O–H groups in total. The number of ether oxygens (including phenoxy) is 6. The van der Waals surface area contributed by atoms with Crippen LogP contribution in [-0.2, 0) is 14.3 Å². The molecule has 19 nitrogen and oxygen atoms in total. The molecular weight excluding hydrogens is 760 g/mol. The van der Waals surface area contributed by atoms with Gasteiger partial charge in [-0.15, -0.1) is 0 Å². The third kappa shape index (κ3) is 8.11. The molecule has 306 valence electrons. The summed E-state index contributed by atoms with van der Waals surface area (Å²) in [6.07, 6.45) is -14.2. The van der Waals surface area contributed by atoms with Crippen LogP contribution in [0, 0.1) is 0 Å². The SMILES string of the molecule is COc1cc(/C=C/C(=O)Oc2cc3oc(-c4ccc(O[C@@H]5O[C@H](CO)[C@@H](O)[C@H](O)[C@H]5O)cc4)cc(=O)c3c(O)c2[C@@H]2O[C@H](CO)[C@@H](O)[C@H](O)[C@H]2O)cc(OC)c1O. The van der Waals surface area contributed by atoms with Crippen LogP contribution in [0.25, 0.3) is 28.4 Å². The second kappa shape index (κ2) is 17.0. The number of phenolic OH excluding ortho intramolecular Hbond substituents is 2. The molecule has 0 aliphatic carbocycles. The third-order valence-corrected chi connectivity index (χ3v) is 9.54. The summed E-state index contributed by atoms with van der Waals surface area (Å²) in [5.74, 6) is -2.61. The Morgan fingerprint density at radius 1 is 0.737 bits per heavy atom. The Kier molecular flexibility index (Phi) is 12.4. The van der Waals surface area contributed by atoms with E-state index < -0.39 is 108 Å². The van der Waals surface area contributed by atoms with Crippen molar-refractivity contribution in [1.82, 2.24) is 0 Å². The van der Waals surface area contributed by atoms with E-state index in [2.05, 4.69) is 0 Å². The van der Waals surface area contributed by atoms with Gasteiger partial charge in [-0.05, 0) is 48.0 Å². The van der Waals surface area contributed by atoms with Gasteiger partial charge in [0.2, 0.25) is 12.0 Å².